The van der Waals surface area contributed by atoms with Gasteiger partial charge in [-0.1, -0.05) is 6.92 Å². The number of nitrogens with one attached hydrogen (secondary N) is 1. The van der Waals surface area contributed by atoms with Crippen LogP contribution in [0.15, 0.2) is 30.5 Å². The smallest absolute Gasteiger partial charge is 0.125 e. The summed E-state index contributed by atoms with van der Waals surface area (Å²) in [6.07, 6.45) is 4.82. The highest BCUT2D eigenvalue weighted by Gasteiger charge is 2.05. The van der Waals surface area contributed by atoms with Gasteiger partial charge in [-0.15, -0.1) is 0 Å². The molecular formula is C14H16FN2. The average molecular weight is 231 g/mol. The topological polar surface area (TPSA) is 24.9 Å². The summed E-state index contributed by atoms with van der Waals surface area (Å²) in [6.45, 7) is 4.16. The molecule has 0 bridgehead atoms. The van der Waals surface area contributed by atoms with Gasteiger partial charge in [0.25, 0.3) is 0 Å². The summed E-state index contributed by atoms with van der Waals surface area (Å²) in [5.41, 5.74) is 1.69. The highest BCUT2D eigenvalue weighted by Crippen LogP contribution is 2.23. The molecule has 0 saturated carbocycles. The van der Waals surface area contributed by atoms with Crippen LogP contribution >= 0.6 is 0 Å². The van der Waals surface area contributed by atoms with E-state index in [1.165, 1.54) is 12.1 Å². The second kappa shape index (κ2) is 5.13. The molecule has 1 atom stereocenters. The van der Waals surface area contributed by atoms with Gasteiger partial charge in [-0.25, -0.2) is 4.39 Å². The number of anilines is 1. The van der Waals surface area contributed by atoms with Crippen molar-refractivity contribution in [3.63, 3.8) is 0 Å². The van der Waals surface area contributed by atoms with Gasteiger partial charge in [0.1, 0.15) is 5.82 Å². The largest absolute Gasteiger partial charge is 0.382 e. The fraction of sp³-hybridized carbons (Fsp3) is 0.286. The van der Waals surface area contributed by atoms with Crippen LogP contribution < -0.4 is 5.32 Å². The molecule has 3 heteroatoms. The van der Waals surface area contributed by atoms with Gasteiger partial charge in [-0.05, 0) is 38.0 Å². The minimum Gasteiger partial charge on any atom is -0.382 e. The van der Waals surface area contributed by atoms with Crippen LogP contribution in [0.3, 0.4) is 0 Å². The van der Waals surface area contributed by atoms with Crippen molar-refractivity contribution in [3.05, 3.63) is 42.7 Å². The number of rotatable bonds is 4. The highest BCUT2D eigenvalue weighted by molar-refractivity contribution is 5.91. The normalized spacial score (nSPS) is 12.6. The quantitative estimate of drug-likeness (QED) is 0.866. The van der Waals surface area contributed by atoms with Gasteiger partial charge < -0.3 is 5.32 Å². The molecule has 0 unspecified atom stereocenters. The van der Waals surface area contributed by atoms with Gasteiger partial charge >= 0.3 is 0 Å². The Hall–Kier alpha value is -1.64. The van der Waals surface area contributed by atoms with E-state index in [4.69, 9.17) is 0 Å². The molecule has 17 heavy (non-hydrogen) atoms. The van der Waals surface area contributed by atoms with E-state index in [0.29, 0.717) is 11.6 Å². The summed E-state index contributed by atoms with van der Waals surface area (Å²) >= 11 is 0. The number of hydrogen-bond donors (Lipinski definition) is 1. The van der Waals surface area contributed by atoms with Gasteiger partial charge in [0, 0.05) is 29.4 Å². The zero-order valence-electron chi connectivity index (χ0n) is 10.1. The maximum atomic E-state index is 13.1. The van der Waals surface area contributed by atoms with E-state index in [2.05, 4.69) is 23.6 Å². The SMILES string of the molecule is C[CH]C[C@@H](C)Nc1ccnc2cc(F)ccc12. The van der Waals surface area contributed by atoms with E-state index < -0.39 is 0 Å². The van der Waals surface area contributed by atoms with Crippen LogP contribution in [0.5, 0.6) is 0 Å². The predicted octanol–water partition coefficient (Wildman–Crippen LogP) is 3.79. The van der Waals surface area contributed by atoms with Crippen molar-refractivity contribution in [2.45, 2.75) is 26.3 Å². The van der Waals surface area contributed by atoms with Crippen molar-refractivity contribution in [1.82, 2.24) is 4.98 Å². The van der Waals surface area contributed by atoms with Crippen LogP contribution in [0.4, 0.5) is 10.1 Å². The Morgan fingerprint density at radius 2 is 2.24 bits per heavy atom. The molecule has 89 valence electrons. The average Bonchev–Trinajstić information content (AvgIpc) is 2.29. The molecule has 2 nitrogen and oxygen atoms in total. The van der Waals surface area contributed by atoms with Gasteiger partial charge in [0.15, 0.2) is 0 Å². The summed E-state index contributed by atoms with van der Waals surface area (Å²) in [5.74, 6) is -0.253. The number of fused-ring (bicyclic) bond motifs is 1. The third kappa shape index (κ3) is 2.73. The second-order valence-corrected chi connectivity index (χ2v) is 4.21. The van der Waals surface area contributed by atoms with Crippen LogP contribution in [0, 0.1) is 12.2 Å². The van der Waals surface area contributed by atoms with Crippen molar-refractivity contribution < 1.29 is 4.39 Å². The molecular weight excluding hydrogens is 215 g/mol. The molecule has 0 saturated heterocycles. The molecule has 0 aliphatic rings. The van der Waals surface area contributed by atoms with E-state index >= 15 is 0 Å². The number of benzene rings is 1. The minimum absolute atomic E-state index is 0.253. The molecule has 0 spiro atoms. The van der Waals surface area contributed by atoms with Crippen molar-refractivity contribution in [3.8, 4) is 0 Å². The lowest BCUT2D eigenvalue weighted by molar-refractivity contribution is 0.629. The van der Waals surface area contributed by atoms with Gasteiger partial charge in [0.2, 0.25) is 0 Å². The predicted molar refractivity (Wildman–Crippen MR) is 69.4 cm³/mol. The lowest BCUT2D eigenvalue weighted by Crippen LogP contribution is -2.14. The first kappa shape index (κ1) is 11.8. The van der Waals surface area contributed by atoms with Crippen molar-refractivity contribution >= 4 is 16.6 Å². The molecule has 1 aromatic carbocycles. The molecule has 2 rings (SSSR count). The number of pyridine rings is 1. The van der Waals surface area contributed by atoms with E-state index in [1.54, 1.807) is 12.3 Å². The number of halogens is 1. The third-order valence-corrected chi connectivity index (χ3v) is 2.70. The van der Waals surface area contributed by atoms with Crippen LogP contribution in [-0.4, -0.2) is 11.0 Å². The van der Waals surface area contributed by atoms with Crippen molar-refractivity contribution in [2.24, 2.45) is 0 Å². The molecule has 0 aliphatic heterocycles. The Labute approximate surface area is 101 Å². The molecule has 2 aromatic rings. The van der Waals surface area contributed by atoms with Crippen LogP contribution in [0.1, 0.15) is 20.3 Å². The van der Waals surface area contributed by atoms with E-state index in [0.717, 1.165) is 17.5 Å². The van der Waals surface area contributed by atoms with Gasteiger partial charge in [-0.2, -0.15) is 0 Å². The molecule has 1 heterocycles. The minimum atomic E-state index is -0.253. The van der Waals surface area contributed by atoms with Crippen LogP contribution in [0.2, 0.25) is 0 Å². The first-order valence-electron chi connectivity index (χ1n) is 5.79. The first-order valence-corrected chi connectivity index (χ1v) is 5.79. The standard InChI is InChI=1S/C14H16FN2/c1-3-4-10(2)17-13-7-8-16-14-9-11(15)5-6-12(13)14/h3,5-10H,4H2,1-2H3,(H,16,17)/t10-/m1/s1. The number of hydrogen-bond acceptors (Lipinski definition) is 2. The Balaban J connectivity index is 2.34. The Morgan fingerprint density at radius 1 is 1.41 bits per heavy atom. The number of nitrogens with zero attached hydrogens (tertiary/aromatic N) is 1. The molecule has 0 aliphatic carbocycles. The van der Waals surface area contributed by atoms with Crippen LogP contribution in [0.25, 0.3) is 10.9 Å². The zero-order chi connectivity index (χ0) is 12.3. The van der Waals surface area contributed by atoms with E-state index in [1.807, 2.05) is 13.0 Å². The van der Waals surface area contributed by atoms with Gasteiger partial charge in [-0.3, -0.25) is 4.98 Å². The summed E-state index contributed by atoms with van der Waals surface area (Å²) in [6, 6.07) is 6.97. The molecule has 1 radical (unpaired) electrons. The monoisotopic (exact) mass is 231 g/mol. The molecule has 0 fully saturated rings. The Morgan fingerprint density at radius 3 is 3.00 bits per heavy atom. The van der Waals surface area contributed by atoms with Crippen molar-refractivity contribution in [1.29, 1.82) is 0 Å². The maximum Gasteiger partial charge on any atom is 0.125 e. The summed E-state index contributed by atoms with van der Waals surface area (Å²) in [5, 5.41) is 4.37. The maximum absolute atomic E-state index is 13.1. The lowest BCUT2D eigenvalue weighted by Gasteiger charge is -2.15. The third-order valence-electron chi connectivity index (χ3n) is 2.70. The van der Waals surface area contributed by atoms with Gasteiger partial charge in [0.05, 0.1) is 5.52 Å². The lowest BCUT2D eigenvalue weighted by atomic mass is 10.1. The zero-order valence-corrected chi connectivity index (χ0v) is 10.1. The Kier molecular flexibility index (Phi) is 3.57. The fourth-order valence-electron chi connectivity index (χ4n) is 1.93. The summed E-state index contributed by atoms with van der Waals surface area (Å²) < 4.78 is 13.1. The summed E-state index contributed by atoms with van der Waals surface area (Å²) in [4.78, 5) is 4.17. The molecule has 0 amide bonds. The highest BCUT2D eigenvalue weighted by atomic mass is 19.1. The first-order chi connectivity index (χ1) is 8.20. The molecule has 1 aromatic heterocycles. The van der Waals surface area contributed by atoms with E-state index in [9.17, 15) is 4.39 Å². The summed E-state index contributed by atoms with van der Waals surface area (Å²) in [7, 11) is 0. The fourth-order valence-corrected chi connectivity index (χ4v) is 1.93. The van der Waals surface area contributed by atoms with Crippen molar-refractivity contribution in [2.75, 3.05) is 5.32 Å². The second-order valence-electron chi connectivity index (χ2n) is 4.21. The molecule has 1 N–H and O–H groups in total. The van der Waals surface area contributed by atoms with Crippen LogP contribution in [-0.2, 0) is 0 Å². The van der Waals surface area contributed by atoms with E-state index in [-0.39, 0.29) is 5.82 Å². The Bertz CT molecular complexity index is 511. The number of aromatic nitrogens is 1.